The first-order valence-electron chi connectivity index (χ1n) is 14.0. The predicted molar refractivity (Wildman–Crippen MR) is 139 cm³/mol. The zero-order chi connectivity index (χ0) is 22.6. The second-order valence-electron chi connectivity index (χ2n) is 10.9. The van der Waals surface area contributed by atoms with Crippen LogP contribution in [0.15, 0.2) is 30.9 Å². The van der Waals surface area contributed by atoms with Gasteiger partial charge in [0.15, 0.2) is 0 Å². The maximum atomic E-state index is 5.62. The quantitative estimate of drug-likeness (QED) is 0.220. The summed E-state index contributed by atoms with van der Waals surface area (Å²) in [6.07, 6.45) is 25.7. The van der Waals surface area contributed by atoms with Gasteiger partial charge in [-0.15, -0.1) is 6.58 Å². The molecule has 0 heterocycles. The van der Waals surface area contributed by atoms with Gasteiger partial charge in [-0.3, -0.25) is 0 Å². The third-order valence-electron chi connectivity index (χ3n) is 8.71. The molecule has 0 saturated heterocycles. The zero-order valence-corrected chi connectivity index (χ0v) is 21.3. The fourth-order valence-electron chi connectivity index (χ4n) is 6.57. The fraction of sp³-hybridized carbons (Fsp3) is 0.742. The van der Waals surface area contributed by atoms with Gasteiger partial charge < -0.3 is 4.74 Å². The molecule has 0 bridgehead atoms. The number of benzene rings is 1. The van der Waals surface area contributed by atoms with Crippen LogP contribution >= 0.6 is 0 Å². The summed E-state index contributed by atoms with van der Waals surface area (Å²) in [6.45, 7) is 6.15. The Morgan fingerprint density at radius 2 is 1.50 bits per heavy atom. The van der Waals surface area contributed by atoms with Crippen LogP contribution in [-0.4, -0.2) is 7.11 Å². The largest absolute Gasteiger partial charge is 0.496 e. The molecule has 32 heavy (non-hydrogen) atoms. The Labute approximate surface area is 199 Å². The molecule has 2 aliphatic carbocycles. The van der Waals surface area contributed by atoms with Crippen molar-refractivity contribution in [1.82, 2.24) is 0 Å². The van der Waals surface area contributed by atoms with E-state index in [0.29, 0.717) is 0 Å². The Bertz CT molecular complexity index is 646. The van der Waals surface area contributed by atoms with Crippen molar-refractivity contribution in [3.8, 4) is 5.75 Å². The van der Waals surface area contributed by atoms with Crippen molar-refractivity contribution in [1.29, 1.82) is 0 Å². The molecule has 0 aliphatic heterocycles. The molecule has 2 aliphatic rings. The van der Waals surface area contributed by atoms with Gasteiger partial charge in [0.25, 0.3) is 0 Å². The van der Waals surface area contributed by atoms with Gasteiger partial charge in [0.2, 0.25) is 0 Å². The number of aryl methyl sites for hydroxylation is 2. The van der Waals surface area contributed by atoms with Crippen LogP contribution in [-0.2, 0) is 12.8 Å². The number of unbranched alkanes of at least 4 members (excludes halogenated alkanes) is 3. The summed E-state index contributed by atoms with van der Waals surface area (Å²) < 4.78 is 5.62. The topological polar surface area (TPSA) is 9.23 Å². The van der Waals surface area contributed by atoms with Gasteiger partial charge in [0.05, 0.1) is 7.11 Å². The summed E-state index contributed by atoms with van der Waals surface area (Å²) in [7, 11) is 1.81. The van der Waals surface area contributed by atoms with Crippen LogP contribution in [0, 0.1) is 23.7 Å². The number of ether oxygens (including phenoxy) is 1. The van der Waals surface area contributed by atoms with Gasteiger partial charge in [-0.05, 0) is 105 Å². The number of methoxy groups -OCH3 is 1. The van der Waals surface area contributed by atoms with Crippen molar-refractivity contribution in [3.63, 3.8) is 0 Å². The second kappa shape index (κ2) is 14.1. The normalized spacial score (nSPS) is 26.1. The van der Waals surface area contributed by atoms with Crippen molar-refractivity contribution in [2.75, 3.05) is 7.11 Å². The average Bonchev–Trinajstić information content (AvgIpc) is 2.84. The number of hydrogen-bond donors (Lipinski definition) is 0. The van der Waals surface area contributed by atoms with Crippen LogP contribution in [0.2, 0.25) is 0 Å². The highest BCUT2D eigenvalue weighted by Crippen LogP contribution is 2.43. The van der Waals surface area contributed by atoms with E-state index in [1.807, 2.05) is 7.11 Å². The molecule has 0 N–H and O–H groups in total. The highest BCUT2D eigenvalue weighted by atomic mass is 16.5. The van der Waals surface area contributed by atoms with Gasteiger partial charge in [0, 0.05) is 0 Å². The third kappa shape index (κ3) is 7.96. The van der Waals surface area contributed by atoms with E-state index >= 15 is 0 Å². The summed E-state index contributed by atoms with van der Waals surface area (Å²) >= 11 is 0. The monoisotopic (exact) mass is 438 g/mol. The van der Waals surface area contributed by atoms with Crippen LogP contribution in [0.3, 0.4) is 0 Å². The maximum absolute atomic E-state index is 5.62. The van der Waals surface area contributed by atoms with E-state index in [9.17, 15) is 0 Å². The molecule has 0 unspecified atom stereocenters. The van der Waals surface area contributed by atoms with Crippen LogP contribution in [0.5, 0.6) is 5.75 Å². The Hall–Kier alpha value is -1.24. The third-order valence-corrected chi connectivity index (χ3v) is 8.71. The lowest BCUT2D eigenvalue weighted by Crippen LogP contribution is -2.26. The Kier molecular flexibility index (Phi) is 11.2. The number of allylic oxidation sites excluding steroid dienone is 1. The van der Waals surface area contributed by atoms with Crippen LogP contribution < -0.4 is 4.74 Å². The zero-order valence-electron chi connectivity index (χ0n) is 21.3. The number of hydrogen-bond acceptors (Lipinski definition) is 1. The first-order valence-corrected chi connectivity index (χ1v) is 14.0. The molecule has 0 spiro atoms. The van der Waals surface area contributed by atoms with Crippen LogP contribution in [0.4, 0.5) is 0 Å². The molecular formula is C31H50O. The van der Waals surface area contributed by atoms with Crippen molar-refractivity contribution >= 4 is 0 Å². The molecule has 0 aromatic heterocycles. The van der Waals surface area contributed by atoms with E-state index in [2.05, 4.69) is 37.8 Å². The van der Waals surface area contributed by atoms with E-state index < -0.39 is 0 Å². The number of rotatable bonds is 13. The van der Waals surface area contributed by atoms with Gasteiger partial charge in [-0.25, -0.2) is 0 Å². The summed E-state index contributed by atoms with van der Waals surface area (Å²) in [5.41, 5.74) is 2.94. The average molecular weight is 439 g/mol. The molecule has 1 aromatic rings. The summed E-state index contributed by atoms with van der Waals surface area (Å²) in [5, 5.41) is 0. The van der Waals surface area contributed by atoms with Crippen molar-refractivity contribution < 1.29 is 4.74 Å². The summed E-state index contributed by atoms with van der Waals surface area (Å²) in [5.74, 6) is 5.12. The lowest BCUT2D eigenvalue weighted by molar-refractivity contribution is 0.141. The minimum Gasteiger partial charge on any atom is -0.496 e. The SMILES string of the molecule is C=CCCCC1CCC(C2CCC(CCc3ccc(OC)c(CCCCC)c3)CC2)CC1. The van der Waals surface area contributed by atoms with E-state index in [-0.39, 0.29) is 0 Å². The van der Waals surface area contributed by atoms with Crippen molar-refractivity contribution in [2.24, 2.45) is 23.7 Å². The summed E-state index contributed by atoms with van der Waals surface area (Å²) in [4.78, 5) is 0. The van der Waals surface area contributed by atoms with E-state index in [0.717, 1.165) is 35.8 Å². The lowest BCUT2D eigenvalue weighted by atomic mass is 9.68. The van der Waals surface area contributed by atoms with Gasteiger partial charge >= 0.3 is 0 Å². The molecule has 1 nitrogen and oxygen atoms in total. The second-order valence-corrected chi connectivity index (χ2v) is 10.9. The minimum absolute atomic E-state index is 0.951. The van der Waals surface area contributed by atoms with E-state index in [1.54, 1.807) is 0 Å². The first-order chi connectivity index (χ1) is 15.7. The molecule has 3 rings (SSSR count). The molecule has 1 heteroatoms. The standard InChI is InChI=1S/C31H50O/c1-4-6-8-10-25-14-19-28(20-15-25)29-21-16-26(17-22-29)12-13-27-18-23-31(32-3)30(24-27)11-9-7-5-2/h4,18,23-26,28-29H,1,5-17,19-22H2,2-3H3. The molecule has 2 saturated carbocycles. The van der Waals surface area contributed by atoms with Crippen molar-refractivity contribution in [2.45, 2.75) is 116 Å². The Morgan fingerprint density at radius 1 is 0.844 bits per heavy atom. The van der Waals surface area contributed by atoms with E-state index in [4.69, 9.17) is 4.74 Å². The van der Waals surface area contributed by atoms with Crippen LogP contribution in [0.25, 0.3) is 0 Å². The Balaban J connectivity index is 1.37. The lowest BCUT2D eigenvalue weighted by Gasteiger charge is -2.38. The predicted octanol–water partition coefficient (Wildman–Crippen LogP) is 9.33. The fourth-order valence-corrected chi connectivity index (χ4v) is 6.57. The molecule has 0 radical (unpaired) electrons. The highest BCUT2D eigenvalue weighted by molar-refractivity contribution is 5.37. The highest BCUT2D eigenvalue weighted by Gasteiger charge is 2.30. The first kappa shape index (κ1) is 25.4. The molecule has 0 atom stereocenters. The Morgan fingerprint density at radius 3 is 2.09 bits per heavy atom. The maximum Gasteiger partial charge on any atom is 0.122 e. The molecule has 2 fully saturated rings. The van der Waals surface area contributed by atoms with Crippen molar-refractivity contribution in [3.05, 3.63) is 42.0 Å². The molecular weight excluding hydrogens is 388 g/mol. The summed E-state index contributed by atoms with van der Waals surface area (Å²) in [6, 6.07) is 6.95. The molecule has 180 valence electrons. The van der Waals surface area contributed by atoms with Gasteiger partial charge in [-0.2, -0.15) is 0 Å². The van der Waals surface area contributed by atoms with Crippen LogP contribution in [0.1, 0.15) is 114 Å². The molecule has 1 aromatic carbocycles. The van der Waals surface area contributed by atoms with Gasteiger partial charge in [0.1, 0.15) is 5.75 Å². The molecule has 0 amide bonds. The minimum atomic E-state index is 0.951. The van der Waals surface area contributed by atoms with Gasteiger partial charge in [-0.1, -0.05) is 70.1 Å². The smallest absolute Gasteiger partial charge is 0.122 e. The van der Waals surface area contributed by atoms with E-state index in [1.165, 1.54) is 114 Å².